The Bertz CT molecular complexity index is 672. The summed E-state index contributed by atoms with van der Waals surface area (Å²) in [5.74, 6) is 0.168. The summed E-state index contributed by atoms with van der Waals surface area (Å²) in [5.41, 5.74) is 1.96. The summed E-state index contributed by atoms with van der Waals surface area (Å²) in [7, 11) is 0. The van der Waals surface area contributed by atoms with E-state index in [1.165, 1.54) is 6.07 Å². The first-order valence-electron chi connectivity index (χ1n) is 7.77. The van der Waals surface area contributed by atoms with E-state index in [-0.39, 0.29) is 5.82 Å². The minimum absolute atomic E-state index is 0.175. The van der Waals surface area contributed by atoms with Crippen LogP contribution in [-0.2, 0) is 13.1 Å². The van der Waals surface area contributed by atoms with Crippen LogP contribution in [0.15, 0.2) is 46.9 Å². The molecule has 0 spiro atoms. The van der Waals surface area contributed by atoms with Gasteiger partial charge in [0.2, 0.25) is 0 Å². The minimum atomic E-state index is -0.175. The lowest BCUT2D eigenvalue weighted by atomic mass is 10.1. The highest BCUT2D eigenvalue weighted by Crippen LogP contribution is 2.23. The van der Waals surface area contributed by atoms with Crippen molar-refractivity contribution < 1.29 is 9.50 Å². The quantitative estimate of drug-likeness (QED) is 0.879. The van der Waals surface area contributed by atoms with Gasteiger partial charge < -0.3 is 5.11 Å². The first-order valence-corrected chi connectivity index (χ1v) is 8.56. The van der Waals surface area contributed by atoms with E-state index in [2.05, 4.69) is 25.7 Å². The maximum atomic E-state index is 13.2. The largest absolute Gasteiger partial charge is 0.508 e. The van der Waals surface area contributed by atoms with Crippen LogP contribution in [0.5, 0.6) is 5.75 Å². The number of phenolic OH excluding ortho intramolecular Hbond substituents is 1. The van der Waals surface area contributed by atoms with Crippen molar-refractivity contribution in [3.8, 4) is 5.75 Å². The van der Waals surface area contributed by atoms with Crippen molar-refractivity contribution >= 4 is 15.9 Å². The first kappa shape index (κ1) is 16.4. The van der Waals surface area contributed by atoms with Crippen molar-refractivity contribution in [2.45, 2.75) is 13.1 Å². The molecule has 0 amide bonds. The average Bonchev–Trinajstić information content (AvgIpc) is 2.53. The summed E-state index contributed by atoms with van der Waals surface area (Å²) < 4.78 is 14.2. The standard InChI is InChI=1S/C18H20BrFN2O/c19-16-4-5-18(23)15(11-16)13-22-8-6-21(7-9-22)12-14-2-1-3-17(20)10-14/h1-5,10-11,23H,6-9,12-13H2. The van der Waals surface area contributed by atoms with Crippen LogP contribution in [0.2, 0.25) is 0 Å². The maximum Gasteiger partial charge on any atom is 0.123 e. The molecule has 1 saturated heterocycles. The molecule has 0 radical (unpaired) electrons. The molecule has 0 unspecified atom stereocenters. The summed E-state index contributed by atoms with van der Waals surface area (Å²) in [6.07, 6.45) is 0. The molecule has 0 saturated carbocycles. The highest BCUT2D eigenvalue weighted by atomic mass is 79.9. The molecule has 3 nitrogen and oxygen atoms in total. The zero-order valence-electron chi connectivity index (χ0n) is 12.9. The zero-order valence-corrected chi connectivity index (χ0v) is 14.5. The van der Waals surface area contributed by atoms with Crippen molar-refractivity contribution in [2.75, 3.05) is 26.2 Å². The maximum absolute atomic E-state index is 13.2. The Morgan fingerprint density at radius 1 is 0.957 bits per heavy atom. The van der Waals surface area contributed by atoms with Gasteiger partial charge in [-0.05, 0) is 35.9 Å². The molecule has 0 aliphatic carbocycles. The predicted octanol–water partition coefficient (Wildman–Crippen LogP) is 3.61. The van der Waals surface area contributed by atoms with Gasteiger partial charge in [-0.1, -0.05) is 28.1 Å². The van der Waals surface area contributed by atoms with E-state index in [1.807, 2.05) is 18.2 Å². The first-order chi connectivity index (χ1) is 11.1. The van der Waals surface area contributed by atoms with Crippen molar-refractivity contribution in [3.05, 3.63) is 63.9 Å². The molecule has 1 heterocycles. The molecule has 0 aromatic heterocycles. The van der Waals surface area contributed by atoms with Crippen LogP contribution in [0.1, 0.15) is 11.1 Å². The molecule has 23 heavy (non-hydrogen) atoms. The molecule has 0 atom stereocenters. The molecule has 2 aromatic carbocycles. The van der Waals surface area contributed by atoms with Crippen LogP contribution >= 0.6 is 15.9 Å². The number of hydrogen-bond acceptors (Lipinski definition) is 3. The molecular formula is C18H20BrFN2O. The number of halogens is 2. The number of hydrogen-bond donors (Lipinski definition) is 1. The van der Waals surface area contributed by atoms with Gasteiger partial charge >= 0.3 is 0 Å². The highest BCUT2D eigenvalue weighted by molar-refractivity contribution is 9.10. The second-order valence-electron chi connectivity index (χ2n) is 5.96. The van der Waals surface area contributed by atoms with Gasteiger partial charge in [0.25, 0.3) is 0 Å². The topological polar surface area (TPSA) is 26.7 Å². The van der Waals surface area contributed by atoms with E-state index in [9.17, 15) is 9.50 Å². The van der Waals surface area contributed by atoms with Crippen LogP contribution < -0.4 is 0 Å². The van der Waals surface area contributed by atoms with Crippen molar-refractivity contribution in [3.63, 3.8) is 0 Å². The van der Waals surface area contributed by atoms with Gasteiger partial charge in [0, 0.05) is 49.3 Å². The lowest BCUT2D eigenvalue weighted by molar-refractivity contribution is 0.121. The molecule has 0 bridgehead atoms. The fourth-order valence-electron chi connectivity index (χ4n) is 2.92. The van der Waals surface area contributed by atoms with Crippen LogP contribution in [0.25, 0.3) is 0 Å². The Kier molecular flexibility index (Phi) is 5.30. The van der Waals surface area contributed by atoms with Crippen LogP contribution in [0.3, 0.4) is 0 Å². The van der Waals surface area contributed by atoms with E-state index < -0.39 is 0 Å². The normalized spacial score (nSPS) is 16.6. The van der Waals surface area contributed by atoms with E-state index in [1.54, 1.807) is 18.2 Å². The van der Waals surface area contributed by atoms with Crippen molar-refractivity contribution in [1.82, 2.24) is 9.80 Å². The van der Waals surface area contributed by atoms with Gasteiger partial charge in [-0.15, -0.1) is 0 Å². The lowest BCUT2D eigenvalue weighted by Crippen LogP contribution is -2.45. The molecule has 1 aliphatic heterocycles. The van der Waals surface area contributed by atoms with Gasteiger partial charge in [0.05, 0.1) is 0 Å². The Morgan fingerprint density at radius 3 is 2.35 bits per heavy atom. The van der Waals surface area contributed by atoms with Gasteiger partial charge in [-0.2, -0.15) is 0 Å². The Morgan fingerprint density at radius 2 is 1.65 bits per heavy atom. The van der Waals surface area contributed by atoms with Crippen LogP contribution in [0.4, 0.5) is 4.39 Å². The fourth-order valence-corrected chi connectivity index (χ4v) is 3.33. The van der Waals surface area contributed by atoms with E-state index >= 15 is 0 Å². The predicted molar refractivity (Wildman–Crippen MR) is 92.8 cm³/mol. The van der Waals surface area contributed by atoms with Gasteiger partial charge in [0.15, 0.2) is 0 Å². The molecule has 3 rings (SSSR count). The second-order valence-corrected chi connectivity index (χ2v) is 6.87. The lowest BCUT2D eigenvalue weighted by Gasteiger charge is -2.34. The zero-order chi connectivity index (χ0) is 16.2. The number of benzene rings is 2. The smallest absolute Gasteiger partial charge is 0.123 e. The number of phenols is 1. The summed E-state index contributed by atoms with van der Waals surface area (Å²) in [6.45, 7) is 5.33. The van der Waals surface area contributed by atoms with Gasteiger partial charge in [0.1, 0.15) is 11.6 Å². The van der Waals surface area contributed by atoms with Crippen molar-refractivity contribution in [2.24, 2.45) is 0 Å². The summed E-state index contributed by atoms with van der Waals surface area (Å²) in [6, 6.07) is 12.3. The summed E-state index contributed by atoms with van der Waals surface area (Å²) in [5, 5.41) is 9.95. The molecule has 122 valence electrons. The molecule has 5 heteroatoms. The number of piperazine rings is 1. The van der Waals surface area contributed by atoms with E-state index in [0.717, 1.165) is 54.9 Å². The fraction of sp³-hybridized carbons (Fsp3) is 0.333. The van der Waals surface area contributed by atoms with Gasteiger partial charge in [-0.25, -0.2) is 4.39 Å². The number of aromatic hydroxyl groups is 1. The Hall–Kier alpha value is -1.43. The molecule has 1 fully saturated rings. The van der Waals surface area contributed by atoms with Crippen LogP contribution in [-0.4, -0.2) is 41.1 Å². The third-order valence-corrected chi connectivity index (χ3v) is 4.69. The van der Waals surface area contributed by atoms with Crippen LogP contribution in [0, 0.1) is 5.82 Å². The van der Waals surface area contributed by atoms with Gasteiger partial charge in [-0.3, -0.25) is 9.80 Å². The summed E-state index contributed by atoms with van der Waals surface area (Å²) >= 11 is 3.45. The number of nitrogens with zero attached hydrogens (tertiary/aromatic N) is 2. The van der Waals surface area contributed by atoms with E-state index in [4.69, 9.17) is 0 Å². The Balaban J connectivity index is 1.53. The highest BCUT2D eigenvalue weighted by Gasteiger charge is 2.18. The third kappa shape index (κ3) is 4.53. The second kappa shape index (κ2) is 7.43. The molecule has 1 aliphatic rings. The minimum Gasteiger partial charge on any atom is -0.508 e. The molecule has 2 aromatic rings. The number of rotatable bonds is 4. The van der Waals surface area contributed by atoms with E-state index in [0.29, 0.717) is 5.75 Å². The Labute approximate surface area is 144 Å². The van der Waals surface area contributed by atoms with Crippen molar-refractivity contribution in [1.29, 1.82) is 0 Å². The molecule has 1 N–H and O–H groups in total. The average molecular weight is 379 g/mol. The third-order valence-electron chi connectivity index (χ3n) is 4.20. The monoisotopic (exact) mass is 378 g/mol. The SMILES string of the molecule is Oc1ccc(Br)cc1CN1CCN(Cc2cccc(F)c2)CC1. The molecular weight excluding hydrogens is 359 g/mol. The summed E-state index contributed by atoms with van der Waals surface area (Å²) in [4.78, 5) is 4.68.